The molecule has 0 unspecified atom stereocenters. The summed E-state index contributed by atoms with van der Waals surface area (Å²) in [4.78, 5) is 0. The molecule has 0 bridgehead atoms. The Morgan fingerprint density at radius 1 is 1.27 bits per heavy atom. The van der Waals surface area contributed by atoms with Crippen molar-refractivity contribution in [2.24, 2.45) is 0 Å². The van der Waals surface area contributed by atoms with Crippen LogP contribution in [0, 0.1) is 0 Å². The van der Waals surface area contributed by atoms with Gasteiger partial charge in [-0.3, -0.25) is 0 Å². The normalized spacial score (nSPS) is 12.0. The summed E-state index contributed by atoms with van der Waals surface area (Å²) in [5.74, 6) is 0.746. The van der Waals surface area contributed by atoms with Crippen LogP contribution in [-0.4, -0.2) is 18.1 Å². The third-order valence-electron chi connectivity index (χ3n) is 1.87. The second kappa shape index (κ2) is 5.84. The van der Waals surface area contributed by atoms with Crippen molar-refractivity contribution < 1.29 is 4.74 Å². The highest BCUT2D eigenvalue weighted by atomic mass is 35.5. The number of hydrogen-bond acceptors (Lipinski definition) is 1. The van der Waals surface area contributed by atoms with Gasteiger partial charge in [-0.2, -0.15) is 0 Å². The summed E-state index contributed by atoms with van der Waals surface area (Å²) >= 11 is 5.53. The van der Waals surface area contributed by atoms with E-state index in [1.807, 2.05) is 0 Å². The van der Waals surface area contributed by atoms with Crippen molar-refractivity contribution in [1.82, 2.24) is 0 Å². The lowest BCUT2D eigenvalue weighted by atomic mass is 10.1. The zero-order valence-corrected chi connectivity index (χ0v) is 8.58. The summed E-state index contributed by atoms with van der Waals surface area (Å²) in [6.45, 7) is 7.22. The zero-order chi connectivity index (χ0) is 8.74. The first kappa shape index (κ1) is 11.2. The van der Waals surface area contributed by atoms with E-state index in [1.165, 1.54) is 0 Å². The Balaban J connectivity index is 3.23. The molecular weight excluding hydrogens is 160 g/mol. The first-order valence-corrected chi connectivity index (χ1v) is 4.86. The van der Waals surface area contributed by atoms with Gasteiger partial charge >= 0.3 is 0 Å². The van der Waals surface area contributed by atoms with Crippen molar-refractivity contribution in [3.8, 4) is 0 Å². The molecule has 0 fully saturated rings. The van der Waals surface area contributed by atoms with Crippen molar-refractivity contribution in [1.29, 1.82) is 0 Å². The summed E-state index contributed by atoms with van der Waals surface area (Å²) in [5.41, 5.74) is 0.0479. The van der Waals surface area contributed by atoms with E-state index in [0.29, 0.717) is 0 Å². The molecule has 0 N–H and O–H groups in total. The highest BCUT2D eigenvalue weighted by Gasteiger charge is 2.13. The Bertz CT molecular complexity index is 91.6. The van der Waals surface area contributed by atoms with Crippen LogP contribution in [-0.2, 0) is 4.74 Å². The summed E-state index contributed by atoms with van der Waals surface area (Å²) in [6.07, 6.45) is 3.20. The van der Waals surface area contributed by atoms with Gasteiger partial charge in [0.1, 0.15) is 0 Å². The second-order valence-electron chi connectivity index (χ2n) is 3.36. The molecule has 0 spiro atoms. The highest BCUT2D eigenvalue weighted by molar-refractivity contribution is 6.17. The van der Waals surface area contributed by atoms with Crippen LogP contribution < -0.4 is 0 Å². The maximum absolute atomic E-state index is 5.62. The van der Waals surface area contributed by atoms with Gasteiger partial charge in [-0.15, -0.1) is 11.6 Å². The van der Waals surface area contributed by atoms with Crippen molar-refractivity contribution in [3.05, 3.63) is 0 Å². The smallest absolute Gasteiger partial charge is 0.0623 e. The number of alkyl halides is 1. The molecule has 2 heteroatoms. The minimum Gasteiger partial charge on any atom is -0.376 e. The molecule has 0 amide bonds. The molecule has 0 aromatic rings. The lowest BCUT2D eigenvalue weighted by Gasteiger charge is -2.23. The first-order chi connectivity index (χ1) is 5.12. The summed E-state index contributed by atoms with van der Waals surface area (Å²) < 4.78 is 5.62. The van der Waals surface area contributed by atoms with E-state index >= 15 is 0 Å². The van der Waals surface area contributed by atoms with Gasteiger partial charge in [0.2, 0.25) is 0 Å². The number of halogens is 1. The molecule has 68 valence electrons. The lowest BCUT2D eigenvalue weighted by molar-refractivity contribution is -0.0211. The maximum atomic E-state index is 5.62. The average molecular weight is 179 g/mol. The van der Waals surface area contributed by atoms with Gasteiger partial charge in [0.05, 0.1) is 5.60 Å². The molecule has 0 rings (SSSR count). The van der Waals surface area contributed by atoms with Gasteiger partial charge in [-0.05, 0) is 33.1 Å². The number of rotatable bonds is 6. The number of unbranched alkanes of at least 4 members (excludes halogenated alkanes) is 1. The SMILES string of the molecule is CCC(C)(C)OCCCCCl. The monoisotopic (exact) mass is 178 g/mol. The lowest BCUT2D eigenvalue weighted by Crippen LogP contribution is -2.23. The first-order valence-electron chi connectivity index (χ1n) is 4.32. The van der Waals surface area contributed by atoms with Crippen molar-refractivity contribution in [2.75, 3.05) is 12.5 Å². The molecule has 0 atom stereocenters. The average Bonchev–Trinajstić information content (AvgIpc) is 1.99. The van der Waals surface area contributed by atoms with Crippen molar-refractivity contribution in [2.45, 2.75) is 45.6 Å². The Hall–Kier alpha value is 0.250. The molecule has 0 aromatic heterocycles. The summed E-state index contributed by atoms with van der Waals surface area (Å²) in [6, 6.07) is 0. The fourth-order valence-electron chi connectivity index (χ4n) is 0.647. The molecule has 1 nitrogen and oxygen atoms in total. The highest BCUT2D eigenvalue weighted by Crippen LogP contribution is 2.13. The molecule has 0 radical (unpaired) electrons. The van der Waals surface area contributed by atoms with Gasteiger partial charge < -0.3 is 4.74 Å². The second-order valence-corrected chi connectivity index (χ2v) is 3.74. The van der Waals surface area contributed by atoms with E-state index in [2.05, 4.69) is 20.8 Å². The zero-order valence-electron chi connectivity index (χ0n) is 7.82. The summed E-state index contributed by atoms with van der Waals surface area (Å²) in [7, 11) is 0. The van der Waals surface area contributed by atoms with Crippen LogP contribution in [0.25, 0.3) is 0 Å². The predicted molar refractivity (Wildman–Crippen MR) is 50.3 cm³/mol. The molecular formula is C9H19ClO. The molecule has 0 heterocycles. The number of ether oxygens (including phenoxy) is 1. The van der Waals surface area contributed by atoms with Crippen LogP contribution in [0.15, 0.2) is 0 Å². The van der Waals surface area contributed by atoms with Crippen LogP contribution in [0.4, 0.5) is 0 Å². The van der Waals surface area contributed by atoms with Crippen LogP contribution in [0.5, 0.6) is 0 Å². The van der Waals surface area contributed by atoms with Crippen LogP contribution in [0.3, 0.4) is 0 Å². The van der Waals surface area contributed by atoms with Gasteiger partial charge in [0.25, 0.3) is 0 Å². The maximum Gasteiger partial charge on any atom is 0.0623 e. The molecule has 11 heavy (non-hydrogen) atoms. The van der Waals surface area contributed by atoms with Gasteiger partial charge in [-0.1, -0.05) is 6.92 Å². The molecule has 0 aliphatic heterocycles. The standard InChI is InChI=1S/C9H19ClO/c1-4-9(2,3)11-8-6-5-7-10/h4-8H2,1-3H3. The largest absolute Gasteiger partial charge is 0.376 e. The minimum absolute atomic E-state index is 0.0479. The van der Waals surface area contributed by atoms with Crippen molar-refractivity contribution >= 4 is 11.6 Å². The molecule has 0 saturated carbocycles. The predicted octanol–water partition coefficient (Wildman–Crippen LogP) is 3.21. The van der Waals surface area contributed by atoms with E-state index < -0.39 is 0 Å². The quantitative estimate of drug-likeness (QED) is 0.449. The molecule has 0 aliphatic rings. The van der Waals surface area contributed by atoms with Gasteiger partial charge in [0, 0.05) is 12.5 Å². The Morgan fingerprint density at radius 2 is 1.91 bits per heavy atom. The Kier molecular flexibility index (Phi) is 5.98. The number of hydrogen-bond donors (Lipinski definition) is 0. The molecule has 0 aliphatic carbocycles. The third-order valence-corrected chi connectivity index (χ3v) is 2.14. The minimum atomic E-state index is 0.0479. The van der Waals surface area contributed by atoms with E-state index in [0.717, 1.165) is 31.7 Å². The fraction of sp³-hybridized carbons (Fsp3) is 1.00. The van der Waals surface area contributed by atoms with Crippen LogP contribution in [0.2, 0.25) is 0 Å². The molecule has 0 saturated heterocycles. The third kappa shape index (κ3) is 6.64. The van der Waals surface area contributed by atoms with Crippen molar-refractivity contribution in [3.63, 3.8) is 0 Å². The Labute approximate surface area is 75.1 Å². The Morgan fingerprint density at radius 3 is 2.36 bits per heavy atom. The topological polar surface area (TPSA) is 9.23 Å². The van der Waals surface area contributed by atoms with Crippen LogP contribution >= 0.6 is 11.6 Å². The van der Waals surface area contributed by atoms with Gasteiger partial charge in [0.15, 0.2) is 0 Å². The fourth-order valence-corrected chi connectivity index (χ4v) is 0.836. The van der Waals surface area contributed by atoms with E-state index in [4.69, 9.17) is 16.3 Å². The van der Waals surface area contributed by atoms with Gasteiger partial charge in [-0.25, -0.2) is 0 Å². The molecule has 0 aromatic carbocycles. The van der Waals surface area contributed by atoms with E-state index in [9.17, 15) is 0 Å². The van der Waals surface area contributed by atoms with E-state index in [-0.39, 0.29) is 5.60 Å². The van der Waals surface area contributed by atoms with Crippen LogP contribution in [0.1, 0.15) is 40.0 Å². The summed E-state index contributed by atoms with van der Waals surface area (Å²) in [5, 5.41) is 0. The van der Waals surface area contributed by atoms with E-state index in [1.54, 1.807) is 0 Å².